The molecule has 122 valence electrons. The third-order valence-corrected chi connectivity index (χ3v) is 3.59. The van der Waals surface area contributed by atoms with E-state index in [2.05, 4.69) is 4.99 Å². The summed E-state index contributed by atoms with van der Waals surface area (Å²) < 4.78 is 10.3. The summed E-state index contributed by atoms with van der Waals surface area (Å²) in [6, 6.07) is 12.1. The first-order valence-corrected chi connectivity index (χ1v) is 7.28. The van der Waals surface area contributed by atoms with E-state index in [1.54, 1.807) is 13.0 Å². The van der Waals surface area contributed by atoms with Crippen LogP contribution in [-0.2, 0) is 0 Å². The van der Waals surface area contributed by atoms with Crippen molar-refractivity contribution in [2.75, 3.05) is 14.2 Å². The number of ether oxygens (including phenoxy) is 2. The second kappa shape index (κ2) is 7.65. The lowest BCUT2D eigenvalue weighted by Crippen LogP contribution is -2.12. The number of aliphatic hydroxyl groups excluding tert-OH is 1. The second-order valence-corrected chi connectivity index (χ2v) is 5.14. The van der Waals surface area contributed by atoms with Crippen LogP contribution in [0.2, 0.25) is 0 Å². The maximum atomic E-state index is 10.3. The van der Waals surface area contributed by atoms with E-state index in [0.717, 1.165) is 5.56 Å². The number of methoxy groups -OCH3 is 2. The average Bonchev–Trinajstić information content (AvgIpc) is 2.59. The van der Waals surface area contributed by atoms with E-state index in [1.807, 2.05) is 30.3 Å². The van der Waals surface area contributed by atoms with E-state index in [4.69, 9.17) is 9.47 Å². The Balaban J connectivity index is 2.22. The largest absolute Gasteiger partial charge is 0.507 e. The zero-order chi connectivity index (χ0) is 16.8. The molecular formula is C18H21NO4. The van der Waals surface area contributed by atoms with Gasteiger partial charge in [-0.1, -0.05) is 30.3 Å². The number of phenolic OH excluding ortho intramolecular Hbond substituents is 1. The highest BCUT2D eigenvalue weighted by Crippen LogP contribution is 2.32. The molecule has 2 N–H and O–H groups in total. The van der Waals surface area contributed by atoms with Crippen LogP contribution in [0.5, 0.6) is 17.2 Å². The van der Waals surface area contributed by atoms with Gasteiger partial charge in [0.15, 0.2) is 0 Å². The van der Waals surface area contributed by atoms with Gasteiger partial charge in [-0.2, -0.15) is 0 Å². The highest BCUT2D eigenvalue weighted by atomic mass is 16.5. The molecule has 0 spiro atoms. The van der Waals surface area contributed by atoms with Crippen LogP contribution in [0.4, 0.5) is 0 Å². The van der Waals surface area contributed by atoms with Gasteiger partial charge in [0.1, 0.15) is 23.4 Å². The van der Waals surface area contributed by atoms with Crippen molar-refractivity contribution in [1.82, 2.24) is 0 Å². The van der Waals surface area contributed by atoms with Gasteiger partial charge in [0.2, 0.25) is 0 Å². The molecule has 0 aromatic heterocycles. The third-order valence-electron chi connectivity index (χ3n) is 3.59. The quantitative estimate of drug-likeness (QED) is 0.804. The molecule has 0 aliphatic heterocycles. The first-order valence-electron chi connectivity index (χ1n) is 7.28. The van der Waals surface area contributed by atoms with Crippen molar-refractivity contribution < 1.29 is 19.7 Å². The molecule has 2 atom stereocenters. The van der Waals surface area contributed by atoms with Crippen LogP contribution in [0.25, 0.3) is 0 Å². The Kier molecular flexibility index (Phi) is 5.60. The van der Waals surface area contributed by atoms with Gasteiger partial charge in [-0.25, -0.2) is 0 Å². The molecule has 2 aromatic carbocycles. The van der Waals surface area contributed by atoms with E-state index in [0.29, 0.717) is 17.1 Å². The molecule has 23 heavy (non-hydrogen) atoms. The van der Waals surface area contributed by atoms with Crippen LogP contribution in [-0.4, -0.2) is 36.7 Å². The number of aliphatic imine (C=N–C) groups is 1. The fourth-order valence-corrected chi connectivity index (χ4v) is 2.21. The highest BCUT2D eigenvalue weighted by molar-refractivity contribution is 5.88. The van der Waals surface area contributed by atoms with Gasteiger partial charge >= 0.3 is 0 Å². The number of benzene rings is 2. The predicted molar refractivity (Wildman–Crippen MR) is 89.7 cm³/mol. The smallest absolute Gasteiger partial charge is 0.135 e. The first-order chi connectivity index (χ1) is 11.1. The van der Waals surface area contributed by atoms with Gasteiger partial charge in [0, 0.05) is 18.3 Å². The Hall–Kier alpha value is -2.53. The summed E-state index contributed by atoms with van der Waals surface area (Å²) in [5, 5.41) is 20.4. The first kappa shape index (κ1) is 16.8. The van der Waals surface area contributed by atoms with Crippen LogP contribution >= 0.6 is 0 Å². The Morgan fingerprint density at radius 2 is 1.78 bits per heavy atom. The molecule has 0 aliphatic carbocycles. The van der Waals surface area contributed by atoms with Crippen LogP contribution in [0, 0.1) is 0 Å². The summed E-state index contributed by atoms with van der Waals surface area (Å²) >= 11 is 0. The Labute approximate surface area is 135 Å². The fraction of sp³-hybridized carbons (Fsp3) is 0.278. The van der Waals surface area contributed by atoms with Crippen LogP contribution in [0.1, 0.15) is 24.2 Å². The van der Waals surface area contributed by atoms with Crippen molar-refractivity contribution in [3.63, 3.8) is 0 Å². The van der Waals surface area contributed by atoms with E-state index in [1.165, 1.54) is 26.5 Å². The van der Waals surface area contributed by atoms with Crippen LogP contribution < -0.4 is 9.47 Å². The standard InChI is InChI=1S/C18H21NO4/c1-12(18(21)13-7-5-4-6-8-13)19-11-15-16(20)9-14(22-2)10-17(15)23-3/h4-12,18,20-21H,1-3H3. The number of aliphatic hydroxyl groups is 1. The normalized spacial score (nSPS) is 13.7. The van der Waals surface area contributed by atoms with Crippen molar-refractivity contribution in [3.05, 3.63) is 53.6 Å². The maximum Gasteiger partial charge on any atom is 0.135 e. The Morgan fingerprint density at radius 1 is 1.09 bits per heavy atom. The molecule has 0 fully saturated rings. The Bertz CT molecular complexity index is 670. The van der Waals surface area contributed by atoms with Crippen molar-refractivity contribution in [3.8, 4) is 17.2 Å². The summed E-state index contributed by atoms with van der Waals surface area (Å²) in [6.45, 7) is 1.81. The molecule has 2 aromatic rings. The van der Waals surface area contributed by atoms with Gasteiger partial charge in [0.25, 0.3) is 0 Å². The second-order valence-electron chi connectivity index (χ2n) is 5.14. The number of rotatable bonds is 6. The molecule has 0 heterocycles. The topological polar surface area (TPSA) is 71.3 Å². The monoisotopic (exact) mass is 315 g/mol. The molecule has 5 nitrogen and oxygen atoms in total. The molecule has 0 radical (unpaired) electrons. The third kappa shape index (κ3) is 4.02. The van der Waals surface area contributed by atoms with Crippen molar-refractivity contribution in [1.29, 1.82) is 0 Å². The van der Waals surface area contributed by atoms with E-state index >= 15 is 0 Å². The zero-order valence-corrected chi connectivity index (χ0v) is 13.4. The molecule has 0 saturated carbocycles. The van der Waals surface area contributed by atoms with Gasteiger partial charge in [-0.15, -0.1) is 0 Å². The lowest BCUT2D eigenvalue weighted by Gasteiger charge is -2.16. The lowest BCUT2D eigenvalue weighted by molar-refractivity contribution is 0.154. The molecule has 2 rings (SSSR count). The summed E-state index contributed by atoms with van der Waals surface area (Å²) in [5.74, 6) is 0.951. The summed E-state index contributed by atoms with van der Waals surface area (Å²) in [6.07, 6.45) is 0.781. The summed E-state index contributed by atoms with van der Waals surface area (Å²) in [7, 11) is 3.02. The van der Waals surface area contributed by atoms with Crippen molar-refractivity contribution >= 4 is 6.21 Å². The van der Waals surface area contributed by atoms with Gasteiger partial charge in [-0.05, 0) is 12.5 Å². The number of hydrogen-bond donors (Lipinski definition) is 2. The number of nitrogens with zero attached hydrogens (tertiary/aromatic N) is 1. The van der Waals surface area contributed by atoms with Crippen LogP contribution in [0.3, 0.4) is 0 Å². The van der Waals surface area contributed by atoms with Gasteiger partial charge in [0.05, 0.1) is 25.8 Å². The van der Waals surface area contributed by atoms with E-state index in [-0.39, 0.29) is 11.8 Å². The number of hydrogen-bond acceptors (Lipinski definition) is 5. The molecule has 0 aliphatic rings. The molecule has 2 unspecified atom stereocenters. The molecule has 0 bridgehead atoms. The summed E-state index contributed by atoms with van der Waals surface area (Å²) in [4.78, 5) is 4.34. The summed E-state index contributed by atoms with van der Waals surface area (Å²) in [5.41, 5.74) is 1.24. The lowest BCUT2D eigenvalue weighted by atomic mass is 10.0. The van der Waals surface area contributed by atoms with E-state index < -0.39 is 6.10 Å². The van der Waals surface area contributed by atoms with Crippen molar-refractivity contribution in [2.45, 2.75) is 19.1 Å². The minimum atomic E-state index is -0.723. The average molecular weight is 315 g/mol. The molecule has 0 saturated heterocycles. The zero-order valence-electron chi connectivity index (χ0n) is 13.4. The SMILES string of the molecule is COc1cc(O)c(C=NC(C)C(O)c2ccccc2)c(OC)c1. The van der Waals surface area contributed by atoms with E-state index in [9.17, 15) is 10.2 Å². The molecule has 5 heteroatoms. The predicted octanol–water partition coefficient (Wildman–Crippen LogP) is 2.95. The van der Waals surface area contributed by atoms with Gasteiger partial charge < -0.3 is 19.7 Å². The number of phenols is 1. The highest BCUT2D eigenvalue weighted by Gasteiger charge is 2.16. The van der Waals surface area contributed by atoms with Crippen LogP contribution in [0.15, 0.2) is 47.5 Å². The molecular weight excluding hydrogens is 294 g/mol. The molecule has 0 amide bonds. The number of aromatic hydroxyl groups is 1. The maximum absolute atomic E-state index is 10.3. The van der Waals surface area contributed by atoms with Crippen molar-refractivity contribution in [2.24, 2.45) is 4.99 Å². The fourth-order valence-electron chi connectivity index (χ4n) is 2.21. The Morgan fingerprint density at radius 3 is 2.39 bits per heavy atom. The minimum absolute atomic E-state index is 0.00588. The minimum Gasteiger partial charge on any atom is -0.507 e. The van der Waals surface area contributed by atoms with Gasteiger partial charge in [-0.3, -0.25) is 4.99 Å².